The Hall–Kier alpha value is -4.37. The number of rotatable bonds is 8. The average Bonchev–Trinajstić information content (AvgIpc) is 3.63. The summed E-state index contributed by atoms with van der Waals surface area (Å²) in [5, 5.41) is 10.2. The highest BCUT2D eigenvalue weighted by atomic mass is 19.3. The molecule has 43 heavy (non-hydrogen) atoms. The number of halogens is 3. The normalized spacial score (nSPS) is 22.9. The van der Waals surface area contributed by atoms with E-state index in [0.717, 1.165) is 12.8 Å². The molecule has 1 aliphatic carbocycles. The molecule has 0 aromatic heterocycles. The van der Waals surface area contributed by atoms with Crippen molar-refractivity contribution in [1.29, 1.82) is 0 Å². The lowest BCUT2D eigenvalue weighted by molar-refractivity contribution is -0.133. The summed E-state index contributed by atoms with van der Waals surface area (Å²) in [6.45, 7) is -2.21. The number of likely N-dealkylation sites (tertiary alicyclic amines) is 1. The first kappa shape index (κ1) is 30.1. The molecular formula is C31H32F3N5O4. The predicted octanol–water partition coefficient (Wildman–Crippen LogP) is 1.96. The number of hydrogen-bond acceptors (Lipinski definition) is 5. The zero-order valence-corrected chi connectivity index (χ0v) is 23.2. The number of carbonyl (C=O) groups is 4. The van der Waals surface area contributed by atoms with Crippen LogP contribution in [0.1, 0.15) is 57.5 Å². The molecule has 1 saturated carbocycles. The average molecular weight is 596 g/mol. The minimum absolute atomic E-state index is 0.00646. The molecule has 0 spiro atoms. The van der Waals surface area contributed by atoms with Crippen molar-refractivity contribution in [2.24, 2.45) is 5.92 Å². The third-order valence-corrected chi connectivity index (χ3v) is 7.75. The highest BCUT2D eigenvalue weighted by Crippen LogP contribution is 2.33. The van der Waals surface area contributed by atoms with Crippen LogP contribution in [0.4, 0.5) is 13.2 Å². The molecule has 12 heteroatoms. The lowest BCUT2D eigenvalue weighted by atomic mass is 10.1. The first-order valence-electron chi connectivity index (χ1n) is 14.2. The van der Waals surface area contributed by atoms with E-state index in [1.807, 2.05) is 0 Å². The Morgan fingerprint density at radius 3 is 2.05 bits per heavy atom. The summed E-state index contributed by atoms with van der Waals surface area (Å²) in [7, 11) is 0. The summed E-state index contributed by atoms with van der Waals surface area (Å²) in [6, 6.07) is 11.4. The Labute approximate surface area is 247 Å². The highest BCUT2D eigenvalue weighted by molar-refractivity contribution is 5.95. The van der Waals surface area contributed by atoms with E-state index < -0.39 is 24.7 Å². The van der Waals surface area contributed by atoms with Crippen molar-refractivity contribution >= 4 is 23.6 Å². The van der Waals surface area contributed by atoms with Crippen molar-refractivity contribution in [3.8, 4) is 11.8 Å². The van der Waals surface area contributed by atoms with Gasteiger partial charge in [0.1, 0.15) is 6.17 Å². The van der Waals surface area contributed by atoms with Crippen LogP contribution in [-0.4, -0.2) is 79.0 Å². The van der Waals surface area contributed by atoms with Crippen LogP contribution in [0.2, 0.25) is 0 Å². The number of nitrogens with zero attached hydrogens (tertiary/aromatic N) is 1. The smallest absolute Gasteiger partial charge is 0.315 e. The minimum atomic E-state index is -2.94. The van der Waals surface area contributed by atoms with Gasteiger partial charge in [0.05, 0.1) is 12.1 Å². The number of alkyl halides is 3. The molecule has 0 bridgehead atoms. The van der Waals surface area contributed by atoms with Crippen molar-refractivity contribution in [2.45, 2.75) is 56.5 Å². The molecule has 0 unspecified atom stereocenters. The zero-order valence-electron chi connectivity index (χ0n) is 23.2. The Bertz CT molecular complexity index is 1420. The fourth-order valence-corrected chi connectivity index (χ4v) is 5.29. The topological polar surface area (TPSA) is 120 Å². The predicted molar refractivity (Wildman–Crippen MR) is 151 cm³/mol. The standard InChI is InChI=1S/C31H32F3N5O4/c32-23-13-26(35-15-23)29(42)37-24-14-25(39(17-24)30(43)22-11-12-22)16-36-27(40)20-7-3-18(4-8-20)1-2-19-5-9-21(10-6-19)28(41)38-31(33)34/h3-10,22-26,31,35H,11-17H2,(H,36,40)(H,37,42)(H,38,41)/t23-,24+,25+,26-/m0/s1. The first-order chi connectivity index (χ1) is 20.7. The third-order valence-electron chi connectivity index (χ3n) is 7.75. The maximum Gasteiger partial charge on any atom is 0.315 e. The van der Waals surface area contributed by atoms with E-state index in [9.17, 15) is 32.3 Å². The van der Waals surface area contributed by atoms with Gasteiger partial charge in [-0.3, -0.25) is 24.5 Å². The van der Waals surface area contributed by atoms with Crippen LogP contribution in [0.5, 0.6) is 0 Å². The van der Waals surface area contributed by atoms with Gasteiger partial charge in [-0.15, -0.1) is 0 Å². The molecule has 2 aliphatic heterocycles. The highest BCUT2D eigenvalue weighted by Gasteiger charge is 2.42. The summed E-state index contributed by atoms with van der Waals surface area (Å²) in [6.07, 6.45) is 1.25. The first-order valence-corrected chi connectivity index (χ1v) is 14.2. The van der Waals surface area contributed by atoms with Gasteiger partial charge in [0.15, 0.2) is 0 Å². The van der Waals surface area contributed by atoms with Gasteiger partial charge in [-0.05, 0) is 67.8 Å². The summed E-state index contributed by atoms with van der Waals surface area (Å²) in [5.74, 6) is 4.45. The van der Waals surface area contributed by atoms with E-state index in [-0.39, 0.29) is 60.8 Å². The van der Waals surface area contributed by atoms with Crippen LogP contribution in [-0.2, 0) is 9.59 Å². The summed E-state index contributed by atoms with van der Waals surface area (Å²) in [5.41, 5.74) is 1.73. The zero-order chi connectivity index (χ0) is 30.5. The van der Waals surface area contributed by atoms with E-state index in [1.54, 1.807) is 41.3 Å². The van der Waals surface area contributed by atoms with E-state index in [0.29, 0.717) is 29.7 Å². The second-order valence-corrected chi connectivity index (χ2v) is 11.0. The number of nitrogens with one attached hydrogen (secondary N) is 4. The largest absolute Gasteiger partial charge is 0.350 e. The molecule has 2 aromatic rings. The van der Waals surface area contributed by atoms with Gasteiger partial charge in [-0.2, -0.15) is 8.78 Å². The number of carbonyl (C=O) groups excluding carboxylic acids is 4. The minimum Gasteiger partial charge on any atom is -0.350 e. The van der Waals surface area contributed by atoms with Crippen LogP contribution < -0.4 is 21.3 Å². The van der Waals surface area contributed by atoms with Crippen molar-refractivity contribution in [3.63, 3.8) is 0 Å². The van der Waals surface area contributed by atoms with Crippen molar-refractivity contribution in [2.75, 3.05) is 19.6 Å². The maximum atomic E-state index is 13.5. The molecule has 4 atom stereocenters. The van der Waals surface area contributed by atoms with E-state index >= 15 is 0 Å². The monoisotopic (exact) mass is 595 g/mol. The summed E-state index contributed by atoms with van der Waals surface area (Å²) < 4.78 is 38.1. The Morgan fingerprint density at radius 2 is 1.51 bits per heavy atom. The fourth-order valence-electron chi connectivity index (χ4n) is 5.29. The van der Waals surface area contributed by atoms with Gasteiger partial charge < -0.3 is 20.9 Å². The van der Waals surface area contributed by atoms with Crippen molar-refractivity contribution < 1.29 is 32.3 Å². The molecule has 2 heterocycles. The Kier molecular flexibility index (Phi) is 9.31. The number of amides is 4. The quantitative estimate of drug-likeness (QED) is 0.275. The van der Waals surface area contributed by atoms with E-state index in [4.69, 9.17) is 0 Å². The SMILES string of the molecule is O=C(NC[C@H]1C[C@@H](NC(=O)[C@@H]2C[C@H](F)CN2)CN1C(=O)C1CC1)c1ccc(C#Cc2ccc(C(=O)NC(F)F)cc2)cc1. The summed E-state index contributed by atoms with van der Waals surface area (Å²) in [4.78, 5) is 51.8. The second-order valence-electron chi connectivity index (χ2n) is 11.0. The van der Waals surface area contributed by atoms with Crippen LogP contribution in [0, 0.1) is 17.8 Å². The van der Waals surface area contributed by atoms with Crippen LogP contribution in [0.3, 0.4) is 0 Å². The Balaban J connectivity index is 1.14. The number of benzene rings is 2. The van der Waals surface area contributed by atoms with Crippen LogP contribution >= 0.6 is 0 Å². The molecule has 0 radical (unpaired) electrons. The van der Waals surface area contributed by atoms with Crippen LogP contribution in [0.25, 0.3) is 0 Å². The number of hydrogen-bond donors (Lipinski definition) is 4. The van der Waals surface area contributed by atoms with Crippen molar-refractivity contribution in [1.82, 2.24) is 26.2 Å². The van der Waals surface area contributed by atoms with Gasteiger partial charge in [0, 0.05) is 60.3 Å². The molecule has 226 valence electrons. The van der Waals surface area contributed by atoms with E-state index in [1.165, 1.54) is 17.4 Å². The molecule has 9 nitrogen and oxygen atoms in total. The third kappa shape index (κ3) is 7.93. The molecule has 5 rings (SSSR count). The van der Waals surface area contributed by atoms with Gasteiger partial charge in [0.25, 0.3) is 11.8 Å². The van der Waals surface area contributed by atoms with Crippen molar-refractivity contribution in [3.05, 3.63) is 70.8 Å². The molecule has 3 aliphatic rings. The molecule has 4 amide bonds. The fraction of sp³-hybridized carbons (Fsp3) is 0.419. The lowest BCUT2D eigenvalue weighted by Gasteiger charge is -2.25. The molecule has 4 N–H and O–H groups in total. The molecule has 3 fully saturated rings. The van der Waals surface area contributed by atoms with Crippen LogP contribution in [0.15, 0.2) is 48.5 Å². The van der Waals surface area contributed by atoms with E-state index in [2.05, 4.69) is 27.8 Å². The maximum absolute atomic E-state index is 13.5. The van der Waals surface area contributed by atoms with Gasteiger partial charge in [-0.1, -0.05) is 11.8 Å². The van der Waals surface area contributed by atoms with Gasteiger partial charge >= 0.3 is 6.55 Å². The van der Waals surface area contributed by atoms with Gasteiger partial charge in [-0.25, -0.2) is 4.39 Å². The Morgan fingerprint density at radius 1 is 0.907 bits per heavy atom. The molecular weight excluding hydrogens is 563 g/mol. The molecule has 2 saturated heterocycles. The molecule has 2 aromatic carbocycles. The second kappa shape index (κ2) is 13.3. The van der Waals surface area contributed by atoms with Gasteiger partial charge in [0.2, 0.25) is 11.8 Å². The lowest BCUT2D eigenvalue weighted by Crippen LogP contribution is -2.46. The summed E-state index contributed by atoms with van der Waals surface area (Å²) >= 11 is 0.